The molecule has 0 saturated heterocycles. The molecule has 1 aromatic carbocycles. The molecule has 0 fully saturated rings. The van der Waals surface area contributed by atoms with Gasteiger partial charge in [-0.15, -0.1) is 0 Å². The van der Waals surface area contributed by atoms with E-state index in [0.717, 1.165) is 6.42 Å². The first-order valence-corrected chi connectivity index (χ1v) is 6.64. The Morgan fingerprint density at radius 3 is 2.22 bits per heavy atom. The molecule has 1 atom stereocenters. The molecule has 1 unspecified atom stereocenters. The minimum atomic E-state index is -0.226. The Balaban J connectivity index is 2.83. The van der Waals surface area contributed by atoms with E-state index in [9.17, 15) is 4.79 Å². The number of hydrogen-bond acceptors (Lipinski definition) is 2. The topological polar surface area (TPSA) is 26.3 Å². The highest BCUT2D eigenvalue weighted by atomic mass is 16.5. The summed E-state index contributed by atoms with van der Waals surface area (Å²) in [5.74, 6) is 0.0865. The first-order chi connectivity index (χ1) is 8.38. The molecule has 0 amide bonds. The zero-order valence-corrected chi connectivity index (χ0v) is 12.1. The van der Waals surface area contributed by atoms with E-state index in [1.165, 1.54) is 0 Å². The van der Waals surface area contributed by atoms with Crippen molar-refractivity contribution in [2.45, 2.75) is 47.1 Å². The van der Waals surface area contributed by atoms with E-state index in [0.29, 0.717) is 11.5 Å². The number of ether oxygens (including phenoxy) is 1. The lowest BCUT2D eigenvalue weighted by molar-refractivity contribution is -0.0294. The summed E-state index contributed by atoms with van der Waals surface area (Å²) >= 11 is 0. The van der Waals surface area contributed by atoms with Crippen LogP contribution in [0.1, 0.15) is 51.4 Å². The van der Waals surface area contributed by atoms with Crippen molar-refractivity contribution in [1.29, 1.82) is 0 Å². The Labute approximate surface area is 110 Å². The third-order valence-corrected chi connectivity index (χ3v) is 3.53. The second kappa shape index (κ2) is 6.03. The molecule has 0 heterocycles. The molecule has 0 spiro atoms. The van der Waals surface area contributed by atoms with Crippen LogP contribution in [0, 0.1) is 11.3 Å². The summed E-state index contributed by atoms with van der Waals surface area (Å²) in [6.07, 6.45) is 0.924. The summed E-state index contributed by atoms with van der Waals surface area (Å²) in [6.45, 7) is 10.6. The number of esters is 1. The van der Waals surface area contributed by atoms with Crippen molar-refractivity contribution in [2.24, 2.45) is 11.3 Å². The Morgan fingerprint density at radius 2 is 1.78 bits per heavy atom. The summed E-state index contributed by atoms with van der Waals surface area (Å²) in [5.41, 5.74) is 0.619. The van der Waals surface area contributed by atoms with Crippen LogP contribution >= 0.6 is 0 Å². The summed E-state index contributed by atoms with van der Waals surface area (Å²) in [4.78, 5) is 12.1. The van der Waals surface area contributed by atoms with E-state index < -0.39 is 0 Å². The van der Waals surface area contributed by atoms with Crippen LogP contribution in [-0.4, -0.2) is 12.1 Å². The lowest BCUT2D eigenvalue weighted by Gasteiger charge is -2.35. The second-order valence-corrected chi connectivity index (χ2v) is 5.78. The Bertz CT molecular complexity index is 379. The van der Waals surface area contributed by atoms with Crippen LogP contribution in [0.15, 0.2) is 30.3 Å². The quantitative estimate of drug-likeness (QED) is 0.726. The molecular formula is C16H24O2. The van der Waals surface area contributed by atoms with Gasteiger partial charge in [0.05, 0.1) is 5.56 Å². The smallest absolute Gasteiger partial charge is 0.338 e. The molecular weight excluding hydrogens is 224 g/mol. The molecule has 1 aromatic rings. The van der Waals surface area contributed by atoms with E-state index >= 15 is 0 Å². The van der Waals surface area contributed by atoms with Crippen LogP contribution in [0.2, 0.25) is 0 Å². The standard InChI is InChI=1S/C16H24O2/c1-6-16(4,5)14(12(2)3)18-15(17)13-10-8-7-9-11-13/h7-12,14H,6H2,1-5H3. The average Bonchev–Trinajstić information content (AvgIpc) is 2.36. The minimum Gasteiger partial charge on any atom is -0.458 e. The van der Waals surface area contributed by atoms with Crippen molar-refractivity contribution in [2.75, 3.05) is 0 Å². The Kier molecular flexibility index (Phi) is 4.94. The van der Waals surface area contributed by atoms with Crippen molar-refractivity contribution in [3.05, 3.63) is 35.9 Å². The van der Waals surface area contributed by atoms with Gasteiger partial charge in [0.15, 0.2) is 0 Å². The lowest BCUT2D eigenvalue weighted by atomic mass is 9.78. The van der Waals surface area contributed by atoms with Gasteiger partial charge in [-0.25, -0.2) is 4.79 Å². The predicted molar refractivity (Wildman–Crippen MR) is 74.6 cm³/mol. The normalized spacial score (nSPS) is 13.4. The molecule has 0 saturated carbocycles. The van der Waals surface area contributed by atoms with Gasteiger partial charge in [0.1, 0.15) is 6.10 Å². The van der Waals surface area contributed by atoms with E-state index in [-0.39, 0.29) is 17.5 Å². The second-order valence-electron chi connectivity index (χ2n) is 5.78. The Hall–Kier alpha value is -1.31. The molecule has 100 valence electrons. The number of benzene rings is 1. The largest absolute Gasteiger partial charge is 0.458 e. The molecule has 0 aliphatic carbocycles. The van der Waals surface area contributed by atoms with Gasteiger partial charge in [-0.1, -0.05) is 52.8 Å². The Morgan fingerprint density at radius 1 is 1.22 bits per heavy atom. The summed E-state index contributed by atoms with van der Waals surface area (Å²) < 4.78 is 5.71. The first-order valence-electron chi connectivity index (χ1n) is 6.64. The maximum absolute atomic E-state index is 12.1. The van der Waals surface area contributed by atoms with E-state index in [2.05, 4.69) is 34.6 Å². The number of hydrogen-bond donors (Lipinski definition) is 0. The zero-order valence-electron chi connectivity index (χ0n) is 12.1. The molecule has 0 aromatic heterocycles. The van der Waals surface area contributed by atoms with Crippen LogP contribution in [0.4, 0.5) is 0 Å². The lowest BCUT2D eigenvalue weighted by Crippen LogP contribution is -2.37. The van der Waals surface area contributed by atoms with Gasteiger partial charge in [0.2, 0.25) is 0 Å². The van der Waals surface area contributed by atoms with Crippen LogP contribution in [-0.2, 0) is 4.74 Å². The highest BCUT2D eigenvalue weighted by molar-refractivity contribution is 5.89. The van der Waals surface area contributed by atoms with Gasteiger partial charge in [0.25, 0.3) is 0 Å². The molecule has 18 heavy (non-hydrogen) atoms. The highest BCUT2D eigenvalue weighted by Crippen LogP contribution is 2.32. The fraction of sp³-hybridized carbons (Fsp3) is 0.562. The minimum absolute atomic E-state index is 0.00138. The van der Waals surface area contributed by atoms with Gasteiger partial charge in [-0.3, -0.25) is 0 Å². The molecule has 0 radical (unpaired) electrons. The number of carbonyl (C=O) groups is 1. The van der Waals surface area contributed by atoms with Crippen molar-refractivity contribution in [3.63, 3.8) is 0 Å². The number of carbonyl (C=O) groups excluding carboxylic acids is 1. The summed E-state index contributed by atoms with van der Waals surface area (Å²) in [6, 6.07) is 9.18. The van der Waals surface area contributed by atoms with Gasteiger partial charge in [-0.05, 0) is 24.5 Å². The van der Waals surface area contributed by atoms with Crippen LogP contribution < -0.4 is 0 Å². The maximum Gasteiger partial charge on any atom is 0.338 e. The van der Waals surface area contributed by atoms with E-state index in [4.69, 9.17) is 4.74 Å². The number of rotatable bonds is 5. The summed E-state index contributed by atoms with van der Waals surface area (Å²) in [5, 5.41) is 0. The third kappa shape index (κ3) is 3.59. The van der Waals surface area contributed by atoms with E-state index in [1.807, 2.05) is 18.2 Å². The fourth-order valence-corrected chi connectivity index (χ4v) is 2.16. The van der Waals surface area contributed by atoms with Crippen molar-refractivity contribution < 1.29 is 9.53 Å². The molecule has 0 N–H and O–H groups in total. The van der Waals surface area contributed by atoms with Gasteiger partial charge >= 0.3 is 5.97 Å². The van der Waals surface area contributed by atoms with Gasteiger partial charge in [0, 0.05) is 5.41 Å². The van der Waals surface area contributed by atoms with Crippen molar-refractivity contribution in [1.82, 2.24) is 0 Å². The maximum atomic E-state index is 12.1. The average molecular weight is 248 g/mol. The first kappa shape index (κ1) is 14.7. The molecule has 0 bridgehead atoms. The highest BCUT2D eigenvalue weighted by Gasteiger charge is 2.33. The SMILES string of the molecule is CCC(C)(C)C(OC(=O)c1ccccc1)C(C)C. The van der Waals surface area contributed by atoms with Gasteiger partial charge < -0.3 is 4.74 Å². The molecule has 2 nitrogen and oxygen atoms in total. The molecule has 0 aliphatic rings. The van der Waals surface area contributed by atoms with Crippen molar-refractivity contribution >= 4 is 5.97 Å². The van der Waals surface area contributed by atoms with Gasteiger partial charge in [-0.2, -0.15) is 0 Å². The van der Waals surface area contributed by atoms with Crippen LogP contribution in [0.3, 0.4) is 0 Å². The molecule has 0 aliphatic heterocycles. The predicted octanol–water partition coefficient (Wildman–Crippen LogP) is 4.30. The zero-order chi connectivity index (χ0) is 13.8. The monoisotopic (exact) mass is 248 g/mol. The van der Waals surface area contributed by atoms with Crippen LogP contribution in [0.25, 0.3) is 0 Å². The van der Waals surface area contributed by atoms with Crippen molar-refractivity contribution in [3.8, 4) is 0 Å². The molecule has 2 heteroatoms. The fourth-order valence-electron chi connectivity index (χ4n) is 2.16. The van der Waals surface area contributed by atoms with E-state index in [1.54, 1.807) is 12.1 Å². The van der Waals surface area contributed by atoms with Crippen LogP contribution in [0.5, 0.6) is 0 Å². The summed E-state index contributed by atoms with van der Waals surface area (Å²) in [7, 11) is 0. The molecule has 1 rings (SSSR count). The third-order valence-electron chi connectivity index (χ3n) is 3.53.